The minimum absolute atomic E-state index is 0.0468. The third-order valence-corrected chi connectivity index (χ3v) is 5.38. The second-order valence-corrected chi connectivity index (χ2v) is 7.49. The highest BCUT2D eigenvalue weighted by molar-refractivity contribution is 6.44. The number of rotatable bonds is 4. The number of hydrogen-bond donors (Lipinski definition) is 2. The first-order valence-electron chi connectivity index (χ1n) is 10.0. The lowest BCUT2D eigenvalue weighted by Gasteiger charge is -2.29. The molecule has 4 rings (SSSR count). The lowest BCUT2D eigenvalue weighted by atomic mass is 10.0. The first kappa shape index (κ1) is 19.7. The van der Waals surface area contributed by atoms with Crippen molar-refractivity contribution in [1.82, 2.24) is 0 Å². The van der Waals surface area contributed by atoms with E-state index < -0.39 is 17.6 Å². The smallest absolute Gasteiger partial charge is 0.301 e. The van der Waals surface area contributed by atoms with E-state index in [0.717, 1.165) is 36.5 Å². The van der Waals surface area contributed by atoms with Gasteiger partial charge in [0.2, 0.25) is 5.91 Å². The number of imide groups is 1. The summed E-state index contributed by atoms with van der Waals surface area (Å²) in [6, 6.07) is 13.7. The van der Waals surface area contributed by atoms with Crippen molar-refractivity contribution in [3.63, 3.8) is 0 Å². The van der Waals surface area contributed by atoms with Crippen LogP contribution in [0, 0.1) is 0 Å². The Morgan fingerprint density at radius 2 is 1.47 bits per heavy atom. The van der Waals surface area contributed by atoms with Gasteiger partial charge < -0.3 is 15.3 Å². The largest absolute Gasteiger partial charge is 0.502 e. The number of benzene rings is 2. The minimum Gasteiger partial charge on any atom is -0.502 e. The van der Waals surface area contributed by atoms with Crippen LogP contribution in [0.3, 0.4) is 0 Å². The van der Waals surface area contributed by atoms with Crippen LogP contribution in [0.4, 0.5) is 17.1 Å². The van der Waals surface area contributed by atoms with Crippen LogP contribution in [-0.4, -0.2) is 35.9 Å². The number of amides is 3. The van der Waals surface area contributed by atoms with E-state index in [1.54, 1.807) is 36.4 Å². The lowest BCUT2D eigenvalue weighted by molar-refractivity contribution is -0.121. The summed E-state index contributed by atoms with van der Waals surface area (Å²) in [5, 5.41) is 13.0. The van der Waals surface area contributed by atoms with Crippen LogP contribution in [0.1, 0.15) is 31.7 Å². The monoisotopic (exact) mass is 405 g/mol. The third kappa shape index (κ3) is 3.66. The summed E-state index contributed by atoms with van der Waals surface area (Å²) in [6.45, 7) is 3.40. The van der Waals surface area contributed by atoms with Crippen LogP contribution in [0.25, 0.3) is 5.57 Å². The Bertz CT molecular complexity index is 1020. The van der Waals surface area contributed by atoms with Gasteiger partial charge in [-0.1, -0.05) is 12.1 Å². The molecule has 2 heterocycles. The summed E-state index contributed by atoms with van der Waals surface area (Å²) < 4.78 is 0. The standard InChI is InChI=1S/C23H23N3O4/c1-15(27)24-17-7-5-16(6-8-17)20-21(28)23(30)26(22(20)29)19-11-9-18(10-12-19)25-13-3-2-4-14-25/h5-12,28H,2-4,13-14H2,1H3,(H,24,27). The van der Waals surface area contributed by atoms with Gasteiger partial charge in [-0.05, 0) is 61.2 Å². The predicted octanol–water partition coefficient (Wildman–Crippen LogP) is 3.48. The maximum absolute atomic E-state index is 13.0. The number of aliphatic hydroxyl groups excluding tert-OH is 1. The fraction of sp³-hybridized carbons (Fsp3) is 0.261. The van der Waals surface area contributed by atoms with E-state index >= 15 is 0 Å². The van der Waals surface area contributed by atoms with Crippen molar-refractivity contribution in [3.05, 3.63) is 59.9 Å². The van der Waals surface area contributed by atoms with Crippen LogP contribution in [-0.2, 0) is 14.4 Å². The number of anilines is 3. The van der Waals surface area contributed by atoms with Crippen LogP contribution in [0.15, 0.2) is 54.3 Å². The molecule has 0 saturated carbocycles. The molecule has 0 radical (unpaired) electrons. The molecule has 7 heteroatoms. The zero-order valence-electron chi connectivity index (χ0n) is 16.7. The van der Waals surface area contributed by atoms with Crippen molar-refractivity contribution >= 4 is 40.4 Å². The maximum Gasteiger partial charge on any atom is 0.301 e. The summed E-state index contributed by atoms with van der Waals surface area (Å²) in [5.74, 6) is -2.11. The van der Waals surface area contributed by atoms with Crippen molar-refractivity contribution < 1.29 is 19.5 Å². The number of carbonyl (C=O) groups is 3. The van der Waals surface area contributed by atoms with E-state index in [1.807, 2.05) is 12.1 Å². The molecular formula is C23H23N3O4. The molecule has 3 amide bonds. The molecule has 0 spiro atoms. The molecule has 2 aromatic rings. The van der Waals surface area contributed by atoms with Crippen LogP contribution in [0.5, 0.6) is 0 Å². The Labute approximate surface area is 174 Å². The molecule has 0 bridgehead atoms. The Morgan fingerprint density at radius 1 is 0.867 bits per heavy atom. The second-order valence-electron chi connectivity index (χ2n) is 7.49. The molecule has 7 nitrogen and oxygen atoms in total. The average Bonchev–Trinajstić information content (AvgIpc) is 2.97. The summed E-state index contributed by atoms with van der Waals surface area (Å²) >= 11 is 0. The van der Waals surface area contributed by atoms with Crippen molar-refractivity contribution in [2.45, 2.75) is 26.2 Å². The number of nitrogens with one attached hydrogen (secondary N) is 1. The lowest BCUT2D eigenvalue weighted by Crippen LogP contribution is -2.32. The third-order valence-electron chi connectivity index (χ3n) is 5.38. The van der Waals surface area contributed by atoms with Gasteiger partial charge in [-0.3, -0.25) is 14.4 Å². The number of piperidine rings is 1. The van der Waals surface area contributed by atoms with Gasteiger partial charge in [-0.25, -0.2) is 4.90 Å². The van der Waals surface area contributed by atoms with Gasteiger partial charge in [0, 0.05) is 31.4 Å². The number of aliphatic hydroxyl groups is 1. The summed E-state index contributed by atoms with van der Waals surface area (Å²) in [6.07, 6.45) is 3.56. The Balaban J connectivity index is 1.56. The van der Waals surface area contributed by atoms with Crippen LogP contribution >= 0.6 is 0 Å². The van der Waals surface area contributed by atoms with Crippen molar-refractivity contribution in [1.29, 1.82) is 0 Å². The fourth-order valence-electron chi connectivity index (χ4n) is 3.90. The van der Waals surface area contributed by atoms with Gasteiger partial charge in [0.1, 0.15) is 0 Å². The second kappa shape index (κ2) is 8.02. The zero-order chi connectivity index (χ0) is 21.3. The van der Waals surface area contributed by atoms with Crippen LogP contribution in [0.2, 0.25) is 0 Å². The topological polar surface area (TPSA) is 89.9 Å². The molecule has 1 fully saturated rings. The molecule has 154 valence electrons. The highest BCUT2D eigenvalue weighted by atomic mass is 16.3. The predicted molar refractivity (Wildman–Crippen MR) is 115 cm³/mol. The van der Waals surface area contributed by atoms with Gasteiger partial charge in [-0.2, -0.15) is 0 Å². The van der Waals surface area contributed by atoms with E-state index in [1.165, 1.54) is 13.3 Å². The number of hydrogen-bond acceptors (Lipinski definition) is 5. The molecule has 2 aliphatic heterocycles. The van der Waals surface area contributed by atoms with Gasteiger partial charge in [0.25, 0.3) is 5.91 Å². The van der Waals surface area contributed by atoms with E-state index in [4.69, 9.17) is 0 Å². The summed E-state index contributed by atoms with van der Waals surface area (Å²) in [5.41, 5.74) is 2.40. The molecule has 0 unspecified atom stereocenters. The quantitative estimate of drug-likeness (QED) is 0.760. The van der Waals surface area contributed by atoms with Crippen molar-refractivity contribution in [2.75, 3.05) is 28.2 Å². The molecule has 30 heavy (non-hydrogen) atoms. The maximum atomic E-state index is 13.0. The molecule has 2 N–H and O–H groups in total. The van der Waals surface area contributed by atoms with Crippen molar-refractivity contribution in [3.8, 4) is 0 Å². The summed E-state index contributed by atoms with van der Waals surface area (Å²) in [7, 11) is 0. The highest BCUT2D eigenvalue weighted by Crippen LogP contribution is 2.33. The first-order valence-corrected chi connectivity index (χ1v) is 10.0. The fourth-order valence-corrected chi connectivity index (χ4v) is 3.90. The van der Waals surface area contributed by atoms with Gasteiger partial charge >= 0.3 is 5.91 Å². The summed E-state index contributed by atoms with van der Waals surface area (Å²) in [4.78, 5) is 40.1. The van der Waals surface area contributed by atoms with Gasteiger partial charge in [0.05, 0.1) is 11.3 Å². The first-order chi connectivity index (χ1) is 14.5. The molecule has 2 aromatic carbocycles. The van der Waals surface area contributed by atoms with E-state index in [2.05, 4.69) is 10.2 Å². The van der Waals surface area contributed by atoms with E-state index in [-0.39, 0.29) is 11.5 Å². The van der Waals surface area contributed by atoms with Crippen molar-refractivity contribution in [2.24, 2.45) is 0 Å². The molecular weight excluding hydrogens is 382 g/mol. The molecule has 1 saturated heterocycles. The molecule has 0 aromatic heterocycles. The number of carbonyl (C=O) groups excluding carboxylic acids is 3. The number of nitrogens with zero attached hydrogens (tertiary/aromatic N) is 2. The van der Waals surface area contributed by atoms with E-state index in [9.17, 15) is 19.5 Å². The van der Waals surface area contributed by atoms with Crippen LogP contribution < -0.4 is 15.1 Å². The normalized spacial score (nSPS) is 17.0. The van der Waals surface area contributed by atoms with E-state index in [0.29, 0.717) is 16.9 Å². The van der Waals surface area contributed by atoms with Gasteiger partial charge in [-0.15, -0.1) is 0 Å². The zero-order valence-corrected chi connectivity index (χ0v) is 16.7. The minimum atomic E-state index is -0.744. The SMILES string of the molecule is CC(=O)Nc1ccc(C2=C(O)C(=O)N(c3ccc(N4CCCCC4)cc3)C2=O)cc1. The Kier molecular flexibility index (Phi) is 5.27. The Morgan fingerprint density at radius 3 is 2.07 bits per heavy atom. The molecule has 0 aliphatic carbocycles. The highest BCUT2D eigenvalue weighted by Gasteiger charge is 2.40. The molecule has 0 atom stereocenters. The molecule has 2 aliphatic rings. The Hall–Kier alpha value is -3.61. The van der Waals surface area contributed by atoms with Gasteiger partial charge in [0.15, 0.2) is 5.76 Å². The average molecular weight is 405 g/mol.